The molecule has 0 aliphatic carbocycles. The lowest BCUT2D eigenvalue weighted by atomic mass is 9.96. The average Bonchev–Trinajstić information content (AvgIpc) is 2.91. The van der Waals surface area contributed by atoms with Gasteiger partial charge in [-0.15, -0.1) is 0 Å². The van der Waals surface area contributed by atoms with Crippen molar-refractivity contribution in [1.82, 2.24) is 0 Å². The Morgan fingerprint density at radius 2 is 1.03 bits per heavy atom. The van der Waals surface area contributed by atoms with Gasteiger partial charge in [-0.2, -0.15) is 0 Å². The van der Waals surface area contributed by atoms with E-state index in [1.165, 1.54) is 0 Å². The van der Waals surface area contributed by atoms with Gasteiger partial charge in [-0.3, -0.25) is 9.59 Å². The molecule has 0 fully saturated rings. The van der Waals surface area contributed by atoms with Crippen molar-refractivity contribution in [3.8, 4) is 0 Å². The van der Waals surface area contributed by atoms with Crippen LogP contribution in [-0.2, 0) is 28.6 Å². The maximum Gasteiger partial charge on any atom is 0.334 e. The van der Waals surface area contributed by atoms with Crippen LogP contribution in [0, 0.1) is 23.7 Å². The maximum atomic E-state index is 13.1. The number of rotatable bonds is 23. The lowest BCUT2D eigenvalue weighted by Crippen LogP contribution is -2.30. The summed E-state index contributed by atoms with van der Waals surface area (Å²) in [6.07, 6.45) is 11.9. The van der Waals surface area contributed by atoms with Crippen molar-refractivity contribution in [1.29, 1.82) is 0 Å². The van der Waals surface area contributed by atoms with Crippen LogP contribution in [0.25, 0.3) is 0 Å². The molecule has 6 heteroatoms. The Labute approximate surface area is 227 Å². The molecule has 0 heterocycles. The topological polar surface area (TPSA) is 78.9 Å². The van der Waals surface area contributed by atoms with Crippen LogP contribution in [0.1, 0.15) is 125 Å². The molecule has 0 aliphatic rings. The van der Waals surface area contributed by atoms with Gasteiger partial charge < -0.3 is 14.2 Å². The van der Waals surface area contributed by atoms with E-state index in [-0.39, 0.29) is 37.0 Å². The lowest BCUT2D eigenvalue weighted by molar-refractivity contribution is -0.157. The van der Waals surface area contributed by atoms with Crippen molar-refractivity contribution in [2.24, 2.45) is 23.7 Å². The minimum Gasteiger partial charge on any atom is -0.465 e. The summed E-state index contributed by atoms with van der Waals surface area (Å²) >= 11 is 0. The number of carbonyl (C=O) groups is 3. The predicted molar refractivity (Wildman–Crippen MR) is 150 cm³/mol. The van der Waals surface area contributed by atoms with E-state index in [1.807, 2.05) is 0 Å². The molecule has 0 rings (SSSR count). The third kappa shape index (κ3) is 15.9. The minimum atomic E-state index is -1.10. The standard InChI is InChI=1S/C31H56O6/c1-8-14-17-25(11-4)21-35-29(32)20-28(31(34)37-23-27(13-6)19-16-10-3)24(7)30(33)36-22-26(12-5)18-15-9-2/h25-28H,7-23H2,1-6H3. The summed E-state index contributed by atoms with van der Waals surface area (Å²) in [4.78, 5) is 38.7. The fourth-order valence-corrected chi connectivity index (χ4v) is 4.21. The zero-order valence-corrected chi connectivity index (χ0v) is 24.8. The highest BCUT2D eigenvalue weighted by atomic mass is 16.5. The Kier molecular flexibility index (Phi) is 21.1. The Hall–Kier alpha value is -1.85. The van der Waals surface area contributed by atoms with Crippen molar-refractivity contribution in [3.63, 3.8) is 0 Å². The Balaban J connectivity index is 5.29. The van der Waals surface area contributed by atoms with Crippen LogP contribution in [0.2, 0.25) is 0 Å². The normalized spacial score (nSPS) is 14.3. The van der Waals surface area contributed by atoms with E-state index in [9.17, 15) is 14.4 Å². The Morgan fingerprint density at radius 3 is 1.43 bits per heavy atom. The molecule has 4 unspecified atom stereocenters. The lowest BCUT2D eigenvalue weighted by Gasteiger charge is -2.21. The predicted octanol–water partition coefficient (Wildman–Crippen LogP) is 7.83. The number of esters is 3. The van der Waals surface area contributed by atoms with E-state index in [0.29, 0.717) is 12.5 Å². The maximum absolute atomic E-state index is 13.1. The largest absolute Gasteiger partial charge is 0.465 e. The summed E-state index contributed by atoms with van der Waals surface area (Å²) in [6.45, 7) is 17.4. The Morgan fingerprint density at radius 1 is 0.622 bits per heavy atom. The molecule has 0 amide bonds. The molecule has 0 N–H and O–H groups in total. The zero-order chi connectivity index (χ0) is 28.1. The van der Waals surface area contributed by atoms with Crippen LogP contribution in [-0.4, -0.2) is 37.7 Å². The fraction of sp³-hybridized carbons (Fsp3) is 0.839. The third-order valence-electron chi connectivity index (χ3n) is 7.36. The molecule has 6 nitrogen and oxygen atoms in total. The van der Waals surface area contributed by atoms with E-state index in [0.717, 1.165) is 77.0 Å². The molecule has 4 atom stereocenters. The molecular formula is C31H56O6. The van der Waals surface area contributed by atoms with Crippen molar-refractivity contribution in [2.75, 3.05) is 19.8 Å². The average molecular weight is 525 g/mol. The first-order valence-corrected chi connectivity index (χ1v) is 15.0. The molecule has 216 valence electrons. The van der Waals surface area contributed by atoms with Gasteiger partial charge in [0, 0.05) is 5.57 Å². The van der Waals surface area contributed by atoms with Gasteiger partial charge in [0.25, 0.3) is 0 Å². The second kappa shape index (κ2) is 22.2. The second-order valence-corrected chi connectivity index (χ2v) is 10.4. The van der Waals surface area contributed by atoms with Gasteiger partial charge in [-0.25, -0.2) is 4.79 Å². The van der Waals surface area contributed by atoms with Crippen LogP contribution in [0.5, 0.6) is 0 Å². The van der Waals surface area contributed by atoms with Crippen LogP contribution in [0.3, 0.4) is 0 Å². The van der Waals surface area contributed by atoms with E-state index in [1.54, 1.807) is 0 Å². The molecule has 0 saturated carbocycles. The summed E-state index contributed by atoms with van der Waals surface area (Å²) < 4.78 is 16.7. The molecule has 0 aromatic carbocycles. The van der Waals surface area contributed by atoms with E-state index in [2.05, 4.69) is 48.1 Å². The third-order valence-corrected chi connectivity index (χ3v) is 7.36. The number of unbranched alkanes of at least 4 members (excludes halogenated alkanes) is 3. The summed E-state index contributed by atoms with van der Waals surface area (Å²) in [6, 6.07) is 0. The van der Waals surface area contributed by atoms with Crippen molar-refractivity contribution in [2.45, 2.75) is 125 Å². The van der Waals surface area contributed by atoms with Crippen molar-refractivity contribution < 1.29 is 28.6 Å². The minimum absolute atomic E-state index is 0.0353. The highest BCUT2D eigenvalue weighted by molar-refractivity contribution is 5.96. The van der Waals surface area contributed by atoms with Gasteiger partial charge in [0.15, 0.2) is 0 Å². The van der Waals surface area contributed by atoms with Crippen molar-refractivity contribution in [3.05, 3.63) is 12.2 Å². The molecule has 0 aromatic heterocycles. The zero-order valence-electron chi connectivity index (χ0n) is 24.8. The van der Waals surface area contributed by atoms with Crippen LogP contribution < -0.4 is 0 Å². The van der Waals surface area contributed by atoms with E-state index >= 15 is 0 Å². The van der Waals surface area contributed by atoms with Crippen LogP contribution in [0.4, 0.5) is 0 Å². The summed E-state index contributed by atoms with van der Waals surface area (Å²) in [5.74, 6) is -2.05. The first kappa shape index (κ1) is 35.2. The van der Waals surface area contributed by atoms with Gasteiger partial charge in [0.1, 0.15) is 0 Å². The van der Waals surface area contributed by atoms with E-state index in [4.69, 9.17) is 14.2 Å². The van der Waals surface area contributed by atoms with Crippen LogP contribution >= 0.6 is 0 Å². The van der Waals surface area contributed by atoms with Gasteiger partial charge >= 0.3 is 17.9 Å². The van der Waals surface area contributed by atoms with Gasteiger partial charge in [-0.1, -0.05) is 106 Å². The number of hydrogen-bond acceptors (Lipinski definition) is 6. The molecule has 0 radical (unpaired) electrons. The molecule has 37 heavy (non-hydrogen) atoms. The second-order valence-electron chi connectivity index (χ2n) is 10.4. The summed E-state index contributed by atoms with van der Waals surface area (Å²) in [5.41, 5.74) is -0.0353. The highest BCUT2D eigenvalue weighted by Crippen LogP contribution is 2.22. The molecule has 0 aliphatic heterocycles. The first-order chi connectivity index (χ1) is 17.8. The molecule has 0 spiro atoms. The number of carbonyl (C=O) groups excluding carboxylic acids is 3. The first-order valence-electron chi connectivity index (χ1n) is 15.0. The van der Waals surface area contributed by atoms with E-state index < -0.39 is 23.8 Å². The van der Waals surface area contributed by atoms with Crippen molar-refractivity contribution >= 4 is 17.9 Å². The monoisotopic (exact) mass is 524 g/mol. The number of hydrogen-bond donors (Lipinski definition) is 0. The Bertz CT molecular complexity index is 644. The smallest absolute Gasteiger partial charge is 0.334 e. The molecule has 0 aromatic rings. The van der Waals surface area contributed by atoms with Gasteiger partial charge in [0.05, 0.1) is 32.2 Å². The van der Waals surface area contributed by atoms with Crippen LogP contribution in [0.15, 0.2) is 12.2 Å². The van der Waals surface area contributed by atoms with Gasteiger partial charge in [0.2, 0.25) is 0 Å². The summed E-state index contributed by atoms with van der Waals surface area (Å²) in [7, 11) is 0. The SMILES string of the molecule is C=C(C(=O)OCC(CC)CCCC)C(CC(=O)OCC(CC)CCCC)C(=O)OCC(CC)CCCC. The highest BCUT2D eigenvalue weighted by Gasteiger charge is 2.32. The molecule has 0 bridgehead atoms. The summed E-state index contributed by atoms with van der Waals surface area (Å²) in [5, 5.41) is 0. The quantitative estimate of drug-likeness (QED) is 0.0770. The molecular weight excluding hydrogens is 468 g/mol. The van der Waals surface area contributed by atoms with Gasteiger partial charge in [-0.05, 0) is 37.0 Å². The molecule has 0 saturated heterocycles. The number of ether oxygens (including phenoxy) is 3. The fourth-order valence-electron chi connectivity index (χ4n) is 4.21.